The molecule has 2 heterocycles. The number of carbonyl (C=O) groups is 2. The molecule has 7 nitrogen and oxygen atoms in total. The van der Waals surface area contributed by atoms with Gasteiger partial charge in [0.15, 0.2) is 0 Å². The van der Waals surface area contributed by atoms with E-state index in [0.29, 0.717) is 24.3 Å². The van der Waals surface area contributed by atoms with Crippen LogP contribution in [0, 0.1) is 23.7 Å². The van der Waals surface area contributed by atoms with Gasteiger partial charge in [-0.2, -0.15) is 0 Å². The molecule has 2 N–H and O–H groups in total. The third-order valence-electron chi connectivity index (χ3n) is 8.70. The lowest BCUT2D eigenvalue weighted by Gasteiger charge is -2.51. The summed E-state index contributed by atoms with van der Waals surface area (Å²) in [5.41, 5.74) is -2.12. The molecule has 0 amide bonds. The number of carboxylic acid groups (broad SMARTS) is 1. The molecule has 9 atom stereocenters. The lowest BCUT2D eigenvalue weighted by molar-refractivity contribution is -0.145. The number of ether oxygens (including phenoxy) is 3. The molecule has 0 bridgehead atoms. The maximum atomic E-state index is 12.5. The van der Waals surface area contributed by atoms with Gasteiger partial charge in [0.05, 0.1) is 19.3 Å². The molecule has 1 saturated carbocycles. The van der Waals surface area contributed by atoms with Crippen molar-refractivity contribution >= 4 is 11.9 Å². The van der Waals surface area contributed by atoms with Crippen LogP contribution in [0.2, 0.25) is 0 Å². The highest BCUT2D eigenvalue weighted by molar-refractivity contribution is 5.88. The fraction of sp³-hybridized carbons (Fsp3) is 0.630. The van der Waals surface area contributed by atoms with Gasteiger partial charge in [0.2, 0.25) is 0 Å². The van der Waals surface area contributed by atoms with Crippen molar-refractivity contribution in [3.05, 3.63) is 48.1 Å². The Hall–Kier alpha value is -2.22. The molecule has 2 unspecified atom stereocenters. The molecule has 2 aliphatic heterocycles. The molecular formula is C27H36O7. The zero-order chi connectivity index (χ0) is 24.9. The summed E-state index contributed by atoms with van der Waals surface area (Å²) >= 11 is 0. The highest BCUT2D eigenvalue weighted by Gasteiger charge is 2.84. The Kier molecular flexibility index (Phi) is 6.42. The summed E-state index contributed by atoms with van der Waals surface area (Å²) in [5, 5.41) is 21.3. The average Bonchev–Trinajstić information content (AvgIpc) is 3.71. The first kappa shape index (κ1) is 24.9. The van der Waals surface area contributed by atoms with Crippen LogP contribution in [0.25, 0.3) is 0 Å². The summed E-state index contributed by atoms with van der Waals surface area (Å²) < 4.78 is 17.5. The molecule has 4 rings (SSSR count). The van der Waals surface area contributed by atoms with E-state index in [-0.39, 0.29) is 35.9 Å². The summed E-state index contributed by atoms with van der Waals surface area (Å²) in [4.78, 5) is 22.9. The van der Waals surface area contributed by atoms with Crippen LogP contribution in [0.15, 0.2) is 48.1 Å². The second-order valence-corrected chi connectivity index (χ2v) is 10.4. The Balaban J connectivity index is 1.70. The zero-order valence-electron chi connectivity index (χ0n) is 20.6. The lowest BCUT2D eigenvalue weighted by Crippen LogP contribution is -2.67. The van der Waals surface area contributed by atoms with Crippen molar-refractivity contribution in [2.24, 2.45) is 23.7 Å². The quantitative estimate of drug-likeness (QED) is 0.240. The molecule has 0 aromatic rings. The molecule has 2 aliphatic carbocycles. The average molecular weight is 473 g/mol. The van der Waals surface area contributed by atoms with Gasteiger partial charge >= 0.3 is 11.9 Å². The molecule has 3 fully saturated rings. The summed E-state index contributed by atoms with van der Waals surface area (Å²) in [5.74, 6) is -1.14. The largest absolute Gasteiger partial charge is 0.478 e. The molecule has 4 aliphatic rings. The number of allylic oxidation sites excluding steroid dienone is 5. The number of esters is 1. The Morgan fingerprint density at radius 2 is 1.88 bits per heavy atom. The van der Waals surface area contributed by atoms with Crippen LogP contribution in [0.3, 0.4) is 0 Å². The standard InChI is InChI=1S/C27H36O7/c1-6-16(2)22-25(3,33-22)27(31)20(11-9-7-8-10-12-21(28)29)18-14-13-17(24(30)32-5)15-19(18)23-26(27,4)34-23/h7-13,16,18-20,22-23,31H,6,14-15H2,1-5H3,(H,28,29)/b8-7+,11-9+,12-10+/t16?,18-,19-,20?,22+,23+,25-,26+,27+/m1/s1. The van der Waals surface area contributed by atoms with E-state index in [2.05, 4.69) is 13.8 Å². The first-order valence-electron chi connectivity index (χ1n) is 12.1. The van der Waals surface area contributed by atoms with Gasteiger partial charge < -0.3 is 24.4 Å². The Bertz CT molecular complexity index is 964. The predicted octanol–water partition coefficient (Wildman–Crippen LogP) is 3.59. The van der Waals surface area contributed by atoms with Crippen molar-refractivity contribution in [2.75, 3.05) is 7.11 Å². The minimum atomic E-state index is -1.25. The molecule has 2 saturated heterocycles. The van der Waals surface area contributed by atoms with Crippen LogP contribution >= 0.6 is 0 Å². The number of aliphatic hydroxyl groups is 1. The zero-order valence-corrected chi connectivity index (χ0v) is 20.6. The Labute approximate surface area is 201 Å². The highest BCUT2D eigenvalue weighted by atomic mass is 16.7. The minimum absolute atomic E-state index is 0.0598. The molecule has 0 spiro atoms. The molecule has 7 heteroatoms. The molecule has 0 radical (unpaired) electrons. The molecule has 0 aromatic heterocycles. The smallest absolute Gasteiger partial charge is 0.333 e. The number of carboxylic acids is 1. The van der Waals surface area contributed by atoms with E-state index in [1.807, 2.05) is 32.1 Å². The van der Waals surface area contributed by atoms with Gasteiger partial charge in [-0.1, -0.05) is 56.7 Å². The van der Waals surface area contributed by atoms with Gasteiger partial charge in [-0.3, -0.25) is 0 Å². The van der Waals surface area contributed by atoms with Crippen molar-refractivity contribution in [1.29, 1.82) is 0 Å². The maximum Gasteiger partial charge on any atom is 0.333 e. The van der Waals surface area contributed by atoms with Crippen molar-refractivity contribution in [3.8, 4) is 0 Å². The minimum Gasteiger partial charge on any atom is -0.478 e. The maximum absolute atomic E-state index is 12.5. The number of aliphatic carboxylic acids is 1. The third-order valence-corrected chi connectivity index (χ3v) is 8.70. The van der Waals surface area contributed by atoms with E-state index in [1.54, 1.807) is 12.2 Å². The topological polar surface area (TPSA) is 109 Å². The van der Waals surface area contributed by atoms with Crippen molar-refractivity contribution < 1.29 is 34.0 Å². The van der Waals surface area contributed by atoms with E-state index in [9.17, 15) is 14.7 Å². The summed E-state index contributed by atoms with van der Waals surface area (Å²) in [6.45, 7) is 8.24. The lowest BCUT2D eigenvalue weighted by atomic mass is 9.52. The molecule has 0 aromatic carbocycles. The normalized spacial score (nSPS) is 43.9. The summed E-state index contributed by atoms with van der Waals surface area (Å²) in [7, 11) is 1.39. The van der Waals surface area contributed by atoms with E-state index >= 15 is 0 Å². The first-order valence-corrected chi connectivity index (χ1v) is 12.1. The van der Waals surface area contributed by atoms with E-state index in [1.165, 1.54) is 13.2 Å². The Morgan fingerprint density at radius 1 is 1.18 bits per heavy atom. The van der Waals surface area contributed by atoms with Gasteiger partial charge in [-0.15, -0.1) is 0 Å². The number of hydrogen-bond acceptors (Lipinski definition) is 6. The molecular weight excluding hydrogens is 436 g/mol. The highest BCUT2D eigenvalue weighted by Crippen LogP contribution is 2.70. The number of methoxy groups -OCH3 is 1. The SMILES string of the molecule is CCC(C)[C@@H]1O[C@@]1(C)[C@@]1(O)C(/C=C/C=C/C=C/C(=O)O)[C@@H]2CC=C(C(=O)OC)C[C@H]2[C@@H]2O[C@@]21C. The fourth-order valence-electron chi connectivity index (χ4n) is 6.62. The number of epoxide rings is 2. The van der Waals surface area contributed by atoms with Crippen LogP contribution in [-0.2, 0) is 23.8 Å². The van der Waals surface area contributed by atoms with Crippen LogP contribution in [-0.4, -0.2) is 58.3 Å². The molecule has 186 valence electrons. The van der Waals surface area contributed by atoms with E-state index in [4.69, 9.17) is 19.3 Å². The van der Waals surface area contributed by atoms with Crippen LogP contribution in [0.4, 0.5) is 0 Å². The first-order chi connectivity index (χ1) is 16.0. The van der Waals surface area contributed by atoms with E-state index in [0.717, 1.165) is 12.5 Å². The van der Waals surface area contributed by atoms with Gasteiger partial charge in [-0.05, 0) is 44.4 Å². The van der Waals surface area contributed by atoms with Crippen LogP contribution in [0.1, 0.15) is 47.0 Å². The number of hydrogen-bond donors (Lipinski definition) is 2. The second-order valence-electron chi connectivity index (χ2n) is 10.4. The fourth-order valence-corrected chi connectivity index (χ4v) is 6.62. The van der Waals surface area contributed by atoms with Crippen molar-refractivity contribution in [3.63, 3.8) is 0 Å². The number of carbonyl (C=O) groups excluding carboxylic acids is 1. The van der Waals surface area contributed by atoms with Crippen molar-refractivity contribution in [2.45, 2.75) is 76.0 Å². The number of fused-ring (bicyclic) bond motifs is 3. The van der Waals surface area contributed by atoms with E-state index < -0.39 is 22.8 Å². The summed E-state index contributed by atoms with van der Waals surface area (Å²) in [6, 6.07) is 0. The van der Waals surface area contributed by atoms with Gasteiger partial charge in [0.25, 0.3) is 0 Å². The van der Waals surface area contributed by atoms with Crippen LogP contribution in [0.5, 0.6) is 0 Å². The summed E-state index contributed by atoms with van der Waals surface area (Å²) in [6.07, 6.45) is 13.7. The van der Waals surface area contributed by atoms with Gasteiger partial charge in [0, 0.05) is 17.6 Å². The van der Waals surface area contributed by atoms with Crippen LogP contribution < -0.4 is 0 Å². The van der Waals surface area contributed by atoms with Gasteiger partial charge in [0.1, 0.15) is 16.8 Å². The molecule has 34 heavy (non-hydrogen) atoms. The number of rotatable bonds is 8. The second kappa shape index (κ2) is 8.77. The monoisotopic (exact) mass is 472 g/mol. The Morgan fingerprint density at radius 3 is 2.53 bits per heavy atom. The van der Waals surface area contributed by atoms with Crippen molar-refractivity contribution in [1.82, 2.24) is 0 Å². The van der Waals surface area contributed by atoms with Gasteiger partial charge in [-0.25, -0.2) is 9.59 Å². The predicted molar refractivity (Wildman–Crippen MR) is 126 cm³/mol. The third kappa shape index (κ3) is 3.69.